The molecule has 0 saturated heterocycles. The first kappa shape index (κ1) is 10.5. The molecule has 1 rings (SSSR count). The summed E-state index contributed by atoms with van der Waals surface area (Å²) >= 11 is 0. The van der Waals surface area contributed by atoms with Gasteiger partial charge in [-0.15, -0.1) is 0 Å². The fourth-order valence-electron chi connectivity index (χ4n) is 1.23. The van der Waals surface area contributed by atoms with Crippen molar-refractivity contribution in [2.45, 2.75) is 45.8 Å². The normalized spacial score (nSPS) is 30.0. The van der Waals surface area contributed by atoms with Crippen molar-refractivity contribution in [1.29, 1.82) is 0 Å². The molecule has 0 aromatic heterocycles. The largest absolute Gasteiger partial charge is 0.387 e. The number of rotatable bonds is 2. The van der Waals surface area contributed by atoms with Crippen LogP contribution in [-0.4, -0.2) is 25.1 Å². The highest BCUT2D eigenvalue weighted by atomic mass is 16.5. The third-order valence-electron chi connectivity index (χ3n) is 2.49. The van der Waals surface area contributed by atoms with Gasteiger partial charge < -0.3 is 10.5 Å². The SMILES string of the molecule is COC1CC(N=C(N)C(C)(C)C)C1. The molecule has 3 nitrogen and oxygen atoms in total. The van der Waals surface area contributed by atoms with Crippen LogP contribution in [0.2, 0.25) is 0 Å². The molecular weight excluding hydrogens is 164 g/mol. The van der Waals surface area contributed by atoms with E-state index in [1.54, 1.807) is 7.11 Å². The lowest BCUT2D eigenvalue weighted by Gasteiger charge is -2.32. The van der Waals surface area contributed by atoms with Crippen LogP contribution in [0, 0.1) is 5.41 Å². The van der Waals surface area contributed by atoms with Gasteiger partial charge >= 0.3 is 0 Å². The van der Waals surface area contributed by atoms with Crippen molar-refractivity contribution in [1.82, 2.24) is 0 Å². The van der Waals surface area contributed by atoms with Crippen LogP contribution in [0.25, 0.3) is 0 Å². The molecule has 13 heavy (non-hydrogen) atoms. The van der Waals surface area contributed by atoms with Crippen LogP contribution in [0.1, 0.15) is 33.6 Å². The Hall–Kier alpha value is -0.570. The standard InChI is InChI=1S/C10H20N2O/c1-10(2,3)9(11)12-7-5-8(6-7)13-4/h7-8H,5-6H2,1-4H3,(H2,11,12). The molecule has 0 amide bonds. The fraction of sp³-hybridized carbons (Fsp3) is 0.900. The van der Waals surface area contributed by atoms with Gasteiger partial charge in [-0.2, -0.15) is 0 Å². The Kier molecular flexibility index (Phi) is 2.96. The van der Waals surface area contributed by atoms with Gasteiger partial charge in [-0.3, -0.25) is 4.99 Å². The van der Waals surface area contributed by atoms with Gasteiger partial charge in [-0.05, 0) is 12.8 Å². The maximum absolute atomic E-state index is 5.86. The smallest absolute Gasteiger partial charge is 0.0994 e. The van der Waals surface area contributed by atoms with Gasteiger partial charge in [0.25, 0.3) is 0 Å². The number of methoxy groups -OCH3 is 1. The van der Waals surface area contributed by atoms with Crippen molar-refractivity contribution in [3.8, 4) is 0 Å². The van der Waals surface area contributed by atoms with E-state index in [0.29, 0.717) is 12.1 Å². The first-order valence-corrected chi connectivity index (χ1v) is 4.80. The highest BCUT2D eigenvalue weighted by Crippen LogP contribution is 2.27. The molecule has 0 radical (unpaired) electrons. The van der Waals surface area contributed by atoms with Crippen LogP contribution in [0.5, 0.6) is 0 Å². The van der Waals surface area contributed by atoms with Gasteiger partial charge in [0.1, 0.15) is 0 Å². The highest BCUT2D eigenvalue weighted by Gasteiger charge is 2.29. The van der Waals surface area contributed by atoms with Crippen molar-refractivity contribution in [3.05, 3.63) is 0 Å². The van der Waals surface area contributed by atoms with Crippen LogP contribution in [0.4, 0.5) is 0 Å². The van der Waals surface area contributed by atoms with Gasteiger partial charge in [-0.25, -0.2) is 0 Å². The maximum Gasteiger partial charge on any atom is 0.0994 e. The van der Waals surface area contributed by atoms with E-state index in [4.69, 9.17) is 10.5 Å². The summed E-state index contributed by atoms with van der Waals surface area (Å²) < 4.78 is 5.17. The minimum absolute atomic E-state index is 0.00183. The zero-order valence-corrected chi connectivity index (χ0v) is 9.00. The second-order valence-corrected chi connectivity index (χ2v) is 4.75. The zero-order valence-electron chi connectivity index (χ0n) is 9.00. The van der Waals surface area contributed by atoms with E-state index in [0.717, 1.165) is 18.7 Å². The number of nitrogens with zero attached hydrogens (tertiary/aromatic N) is 1. The van der Waals surface area contributed by atoms with Crippen molar-refractivity contribution in [3.63, 3.8) is 0 Å². The highest BCUT2D eigenvalue weighted by molar-refractivity contribution is 5.85. The Labute approximate surface area is 80.4 Å². The molecule has 1 saturated carbocycles. The number of ether oxygens (including phenoxy) is 1. The number of amidine groups is 1. The predicted octanol–water partition coefficient (Wildman–Crippen LogP) is 1.57. The van der Waals surface area contributed by atoms with Crippen LogP contribution < -0.4 is 5.73 Å². The molecule has 1 fully saturated rings. The summed E-state index contributed by atoms with van der Waals surface area (Å²) in [5, 5.41) is 0. The Balaban J connectivity index is 2.41. The average Bonchev–Trinajstić information content (AvgIpc) is 1.93. The maximum atomic E-state index is 5.86. The van der Waals surface area contributed by atoms with Gasteiger partial charge in [0.15, 0.2) is 0 Å². The van der Waals surface area contributed by atoms with E-state index in [9.17, 15) is 0 Å². The van der Waals surface area contributed by atoms with Crippen molar-refractivity contribution in [2.24, 2.45) is 16.1 Å². The van der Waals surface area contributed by atoms with Crippen molar-refractivity contribution < 1.29 is 4.74 Å². The Morgan fingerprint density at radius 3 is 2.31 bits per heavy atom. The summed E-state index contributed by atoms with van der Waals surface area (Å²) in [4.78, 5) is 4.47. The van der Waals surface area contributed by atoms with Gasteiger partial charge in [0, 0.05) is 12.5 Å². The summed E-state index contributed by atoms with van der Waals surface area (Å²) in [6, 6.07) is 0.393. The topological polar surface area (TPSA) is 47.6 Å². The second-order valence-electron chi connectivity index (χ2n) is 4.75. The quantitative estimate of drug-likeness (QED) is 0.523. The summed E-state index contributed by atoms with van der Waals surface area (Å²) in [5.41, 5.74) is 5.86. The van der Waals surface area contributed by atoms with E-state index in [1.807, 2.05) is 0 Å². The molecule has 0 aromatic rings. The molecule has 76 valence electrons. The lowest BCUT2D eigenvalue weighted by Crippen LogP contribution is -2.38. The first-order valence-electron chi connectivity index (χ1n) is 4.80. The molecule has 0 spiro atoms. The van der Waals surface area contributed by atoms with E-state index >= 15 is 0 Å². The molecule has 0 unspecified atom stereocenters. The number of hydrogen-bond acceptors (Lipinski definition) is 2. The Morgan fingerprint density at radius 1 is 1.38 bits per heavy atom. The summed E-state index contributed by atoms with van der Waals surface area (Å²) in [6.45, 7) is 6.24. The zero-order chi connectivity index (χ0) is 10.1. The van der Waals surface area contributed by atoms with Gasteiger partial charge in [0.05, 0.1) is 18.0 Å². The third-order valence-corrected chi connectivity index (χ3v) is 2.49. The molecular formula is C10H20N2O. The Morgan fingerprint density at radius 2 is 1.92 bits per heavy atom. The van der Waals surface area contributed by atoms with Gasteiger partial charge in [-0.1, -0.05) is 20.8 Å². The predicted molar refractivity (Wildman–Crippen MR) is 54.9 cm³/mol. The molecule has 0 atom stereocenters. The molecule has 2 N–H and O–H groups in total. The van der Waals surface area contributed by atoms with E-state index in [-0.39, 0.29) is 5.41 Å². The fourth-order valence-corrected chi connectivity index (χ4v) is 1.23. The monoisotopic (exact) mass is 184 g/mol. The summed E-state index contributed by atoms with van der Waals surface area (Å²) in [7, 11) is 1.75. The number of aliphatic imine (C=N–C) groups is 1. The van der Waals surface area contributed by atoms with Crippen LogP contribution in [0.3, 0.4) is 0 Å². The summed E-state index contributed by atoms with van der Waals surface area (Å²) in [6.07, 6.45) is 2.45. The van der Waals surface area contributed by atoms with E-state index in [1.165, 1.54) is 0 Å². The molecule has 3 heteroatoms. The third kappa shape index (κ3) is 2.69. The first-order chi connectivity index (χ1) is 5.93. The molecule has 0 bridgehead atoms. The minimum atomic E-state index is -0.00183. The van der Waals surface area contributed by atoms with Crippen LogP contribution in [-0.2, 0) is 4.74 Å². The van der Waals surface area contributed by atoms with E-state index < -0.39 is 0 Å². The molecule has 0 aromatic carbocycles. The minimum Gasteiger partial charge on any atom is -0.387 e. The Bertz CT molecular complexity index is 199. The molecule has 1 aliphatic rings. The van der Waals surface area contributed by atoms with Crippen molar-refractivity contribution >= 4 is 5.84 Å². The lowest BCUT2D eigenvalue weighted by atomic mass is 9.88. The average molecular weight is 184 g/mol. The van der Waals surface area contributed by atoms with Crippen LogP contribution in [0.15, 0.2) is 4.99 Å². The number of hydrogen-bond donors (Lipinski definition) is 1. The van der Waals surface area contributed by atoms with E-state index in [2.05, 4.69) is 25.8 Å². The van der Waals surface area contributed by atoms with Gasteiger partial charge in [0.2, 0.25) is 0 Å². The molecule has 0 heterocycles. The summed E-state index contributed by atoms with van der Waals surface area (Å²) in [5.74, 6) is 0.757. The lowest BCUT2D eigenvalue weighted by molar-refractivity contribution is 0.0283. The van der Waals surface area contributed by atoms with Crippen molar-refractivity contribution in [2.75, 3.05) is 7.11 Å². The molecule has 1 aliphatic carbocycles. The van der Waals surface area contributed by atoms with Crippen LogP contribution >= 0.6 is 0 Å². The number of nitrogens with two attached hydrogens (primary N) is 1. The second kappa shape index (κ2) is 3.66. The molecule has 0 aliphatic heterocycles.